The molecule has 1 N–H and O–H groups in total. The summed E-state index contributed by atoms with van der Waals surface area (Å²) in [5.74, 6) is -0.328. The molecule has 0 amide bonds. The maximum Gasteiger partial charge on any atom is 0.134 e. The van der Waals surface area contributed by atoms with Gasteiger partial charge < -0.3 is 5.11 Å². The van der Waals surface area contributed by atoms with Gasteiger partial charge in [0.1, 0.15) is 5.82 Å². The molecule has 0 aliphatic rings. The van der Waals surface area contributed by atoms with Gasteiger partial charge in [0, 0.05) is 5.56 Å². The maximum atomic E-state index is 14.1. The van der Waals surface area contributed by atoms with Crippen LogP contribution in [0, 0.1) is 24.1 Å². The van der Waals surface area contributed by atoms with Crippen LogP contribution in [-0.4, -0.2) is 5.11 Å². The molecule has 0 heterocycles. The molecule has 0 aromatic heterocycles. The second-order valence-corrected chi connectivity index (χ2v) is 4.06. The Hall–Kier alpha value is -2.18. The normalized spacial score (nSPS) is 10.1. The average molecular weight is 241 g/mol. The van der Waals surface area contributed by atoms with Crippen molar-refractivity contribution in [1.82, 2.24) is 0 Å². The van der Waals surface area contributed by atoms with Crippen LogP contribution in [0.15, 0.2) is 36.4 Å². The van der Waals surface area contributed by atoms with Crippen LogP contribution in [-0.2, 0) is 6.61 Å². The molecular weight excluding hydrogens is 229 g/mol. The van der Waals surface area contributed by atoms with Gasteiger partial charge in [-0.05, 0) is 35.7 Å². The third-order valence-electron chi connectivity index (χ3n) is 2.99. The Kier molecular flexibility index (Phi) is 3.40. The summed E-state index contributed by atoms with van der Waals surface area (Å²) in [5.41, 5.74) is 2.79. The fourth-order valence-corrected chi connectivity index (χ4v) is 1.84. The van der Waals surface area contributed by atoms with E-state index in [2.05, 4.69) is 0 Å². The van der Waals surface area contributed by atoms with E-state index in [-0.39, 0.29) is 12.4 Å². The summed E-state index contributed by atoms with van der Waals surface area (Å²) in [4.78, 5) is 0. The first kappa shape index (κ1) is 12.3. The standard InChI is InChI=1S/C15H12FNO/c1-10-13(9-18)6-7-14(15(10)16)12-4-2-11(8-17)3-5-12/h2-7,18H,9H2,1H3. The van der Waals surface area contributed by atoms with E-state index >= 15 is 0 Å². The average Bonchev–Trinajstić information content (AvgIpc) is 2.42. The van der Waals surface area contributed by atoms with Crippen molar-refractivity contribution in [1.29, 1.82) is 5.26 Å². The molecule has 3 heteroatoms. The Balaban J connectivity index is 2.51. The molecule has 0 unspecified atom stereocenters. The van der Waals surface area contributed by atoms with Crippen LogP contribution < -0.4 is 0 Å². The number of hydrogen-bond donors (Lipinski definition) is 1. The van der Waals surface area contributed by atoms with Crippen molar-refractivity contribution in [2.75, 3.05) is 0 Å². The van der Waals surface area contributed by atoms with Gasteiger partial charge in [-0.2, -0.15) is 5.26 Å². The first-order valence-electron chi connectivity index (χ1n) is 5.56. The van der Waals surface area contributed by atoms with Gasteiger partial charge in [-0.3, -0.25) is 0 Å². The van der Waals surface area contributed by atoms with Gasteiger partial charge in [0.15, 0.2) is 0 Å². The molecule has 0 fully saturated rings. The zero-order valence-corrected chi connectivity index (χ0v) is 9.94. The summed E-state index contributed by atoms with van der Waals surface area (Å²) in [7, 11) is 0. The lowest BCUT2D eigenvalue weighted by molar-refractivity contribution is 0.280. The Labute approximate surface area is 105 Å². The second-order valence-electron chi connectivity index (χ2n) is 4.06. The van der Waals surface area contributed by atoms with Gasteiger partial charge in [-0.15, -0.1) is 0 Å². The SMILES string of the molecule is Cc1c(CO)ccc(-c2ccc(C#N)cc2)c1F. The van der Waals surface area contributed by atoms with E-state index in [4.69, 9.17) is 10.4 Å². The molecule has 0 spiro atoms. The summed E-state index contributed by atoms with van der Waals surface area (Å²) in [6.45, 7) is 1.48. The molecule has 0 radical (unpaired) electrons. The van der Waals surface area contributed by atoms with Gasteiger partial charge in [-0.25, -0.2) is 4.39 Å². The minimum atomic E-state index is -0.328. The summed E-state index contributed by atoms with van der Waals surface area (Å²) in [6.07, 6.45) is 0. The monoisotopic (exact) mass is 241 g/mol. The van der Waals surface area contributed by atoms with E-state index in [1.54, 1.807) is 43.3 Å². The minimum Gasteiger partial charge on any atom is -0.392 e. The highest BCUT2D eigenvalue weighted by atomic mass is 19.1. The highest BCUT2D eigenvalue weighted by Crippen LogP contribution is 2.27. The van der Waals surface area contributed by atoms with Gasteiger partial charge in [0.05, 0.1) is 18.2 Å². The van der Waals surface area contributed by atoms with Crippen molar-refractivity contribution in [2.24, 2.45) is 0 Å². The third-order valence-corrected chi connectivity index (χ3v) is 2.99. The van der Waals surface area contributed by atoms with Crippen LogP contribution in [0.3, 0.4) is 0 Å². The predicted octanol–water partition coefficient (Wildman–Crippen LogP) is 3.17. The molecule has 0 aliphatic heterocycles. The van der Waals surface area contributed by atoms with Crippen LogP contribution in [0.5, 0.6) is 0 Å². The van der Waals surface area contributed by atoms with E-state index in [1.807, 2.05) is 6.07 Å². The first-order chi connectivity index (χ1) is 8.67. The molecule has 18 heavy (non-hydrogen) atoms. The Morgan fingerprint density at radius 2 is 1.83 bits per heavy atom. The molecule has 0 bridgehead atoms. The molecule has 0 atom stereocenters. The number of benzene rings is 2. The van der Waals surface area contributed by atoms with Crippen LogP contribution in [0.4, 0.5) is 4.39 Å². The molecule has 2 aromatic rings. The summed E-state index contributed by atoms with van der Waals surface area (Å²) in [6, 6.07) is 12.1. The predicted molar refractivity (Wildman–Crippen MR) is 67.2 cm³/mol. The fourth-order valence-electron chi connectivity index (χ4n) is 1.84. The largest absolute Gasteiger partial charge is 0.392 e. The molecular formula is C15H12FNO. The van der Waals surface area contributed by atoms with E-state index in [1.165, 1.54) is 0 Å². The van der Waals surface area contributed by atoms with E-state index < -0.39 is 0 Å². The Bertz CT molecular complexity index is 612. The Morgan fingerprint density at radius 1 is 1.17 bits per heavy atom. The van der Waals surface area contributed by atoms with E-state index in [0.717, 1.165) is 5.56 Å². The molecule has 0 saturated carbocycles. The van der Waals surface area contributed by atoms with Gasteiger partial charge in [-0.1, -0.05) is 24.3 Å². The number of nitriles is 1. The van der Waals surface area contributed by atoms with Gasteiger partial charge >= 0.3 is 0 Å². The van der Waals surface area contributed by atoms with Crippen LogP contribution in [0.1, 0.15) is 16.7 Å². The minimum absolute atomic E-state index is 0.170. The van der Waals surface area contributed by atoms with E-state index in [0.29, 0.717) is 22.3 Å². The highest BCUT2D eigenvalue weighted by molar-refractivity contribution is 5.66. The molecule has 90 valence electrons. The van der Waals surface area contributed by atoms with Gasteiger partial charge in [0.25, 0.3) is 0 Å². The number of aliphatic hydroxyl groups is 1. The number of nitrogens with zero attached hydrogens (tertiary/aromatic N) is 1. The molecule has 2 nitrogen and oxygen atoms in total. The molecule has 0 aliphatic carbocycles. The number of rotatable bonds is 2. The van der Waals surface area contributed by atoms with Crippen molar-refractivity contribution in [3.63, 3.8) is 0 Å². The fraction of sp³-hybridized carbons (Fsp3) is 0.133. The van der Waals surface area contributed by atoms with Gasteiger partial charge in [0.2, 0.25) is 0 Å². The quantitative estimate of drug-likeness (QED) is 0.877. The van der Waals surface area contributed by atoms with Crippen molar-refractivity contribution in [3.8, 4) is 17.2 Å². The van der Waals surface area contributed by atoms with Crippen molar-refractivity contribution in [2.45, 2.75) is 13.5 Å². The van der Waals surface area contributed by atoms with E-state index in [9.17, 15) is 4.39 Å². The lowest BCUT2D eigenvalue weighted by Gasteiger charge is -2.09. The summed E-state index contributed by atoms with van der Waals surface area (Å²) >= 11 is 0. The first-order valence-corrected chi connectivity index (χ1v) is 5.56. The second kappa shape index (κ2) is 4.99. The van der Waals surface area contributed by atoms with Crippen molar-refractivity contribution >= 4 is 0 Å². The van der Waals surface area contributed by atoms with Crippen molar-refractivity contribution < 1.29 is 9.50 Å². The number of hydrogen-bond acceptors (Lipinski definition) is 2. The smallest absolute Gasteiger partial charge is 0.134 e. The van der Waals surface area contributed by atoms with Crippen LogP contribution >= 0.6 is 0 Å². The molecule has 2 rings (SSSR count). The molecule has 2 aromatic carbocycles. The highest BCUT2D eigenvalue weighted by Gasteiger charge is 2.10. The lowest BCUT2D eigenvalue weighted by atomic mass is 9.98. The summed E-state index contributed by atoms with van der Waals surface area (Å²) < 4.78 is 14.1. The van der Waals surface area contributed by atoms with Crippen LogP contribution in [0.2, 0.25) is 0 Å². The topological polar surface area (TPSA) is 44.0 Å². The third kappa shape index (κ3) is 2.11. The molecule has 0 saturated heterocycles. The van der Waals surface area contributed by atoms with Crippen LogP contribution in [0.25, 0.3) is 11.1 Å². The van der Waals surface area contributed by atoms with Crippen molar-refractivity contribution in [3.05, 3.63) is 58.9 Å². The number of halogens is 1. The zero-order valence-electron chi connectivity index (χ0n) is 9.94. The summed E-state index contributed by atoms with van der Waals surface area (Å²) in [5, 5.41) is 17.8. The Morgan fingerprint density at radius 3 is 2.39 bits per heavy atom. The lowest BCUT2D eigenvalue weighted by Crippen LogP contribution is -1.95. The number of aliphatic hydroxyl groups excluding tert-OH is 1. The zero-order chi connectivity index (χ0) is 13.1. The maximum absolute atomic E-state index is 14.1.